The van der Waals surface area contributed by atoms with Crippen LogP contribution < -0.4 is 5.32 Å². The molecule has 3 nitrogen and oxygen atoms in total. The first-order valence-corrected chi connectivity index (χ1v) is 8.50. The zero-order chi connectivity index (χ0) is 16.1. The van der Waals surface area contributed by atoms with Gasteiger partial charge in [0.1, 0.15) is 5.60 Å². The van der Waals surface area contributed by atoms with E-state index in [0.29, 0.717) is 24.8 Å². The summed E-state index contributed by atoms with van der Waals surface area (Å²) >= 11 is 0. The molecule has 4 rings (SSSR count). The minimum absolute atomic E-state index is 0.132. The van der Waals surface area contributed by atoms with Crippen molar-refractivity contribution in [2.45, 2.75) is 58.2 Å². The summed E-state index contributed by atoms with van der Waals surface area (Å²) < 4.78 is 0. The molecule has 0 amide bonds. The molecule has 0 saturated heterocycles. The Morgan fingerprint density at radius 3 is 2.55 bits per heavy atom. The summed E-state index contributed by atoms with van der Waals surface area (Å²) in [6.45, 7) is 9.21. The van der Waals surface area contributed by atoms with Crippen molar-refractivity contribution in [2.24, 2.45) is 17.3 Å². The molecule has 3 heteroatoms. The fraction of sp³-hybridized carbons (Fsp3) is 0.684. The standard InChI is InChI=1S/C19H29NO2/c1-12(2)14-7-5-6-8-15(14)20-11-19(22)16-9-13(10-17(19)21)18(16,3)4/h5-8,12-13,16-17,20-22H,9-11H2,1-4H3/t13-,16-,17+,19-/m1/s1. The first-order valence-electron chi connectivity index (χ1n) is 8.50. The fourth-order valence-corrected chi connectivity index (χ4v) is 4.61. The molecule has 3 fully saturated rings. The van der Waals surface area contributed by atoms with Gasteiger partial charge in [0.2, 0.25) is 0 Å². The van der Waals surface area contributed by atoms with Gasteiger partial charge in [-0.1, -0.05) is 45.9 Å². The summed E-state index contributed by atoms with van der Waals surface area (Å²) in [6.07, 6.45) is 1.13. The Bertz CT molecular complexity index is 554. The Hall–Kier alpha value is -1.06. The van der Waals surface area contributed by atoms with Crippen LogP contribution in [0.2, 0.25) is 0 Å². The second-order valence-corrected chi connectivity index (χ2v) is 8.14. The van der Waals surface area contributed by atoms with E-state index in [-0.39, 0.29) is 11.3 Å². The maximum atomic E-state index is 11.2. The molecular weight excluding hydrogens is 274 g/mol. The van der Waals surface area contributed by atoms with Crippen LogP contribution in [0.4, 0.5) is 5.69 Å². The van der Waals surface area contributed by atoms with Crippen LogP contribution in [0, 0.1) is 17.3 Å². The van der Waals surface area contributed by atoms with Gasteiger partial charge in [0.15, 0.2) is 0 Å². The summed E-state index contributed by atoms with van der Waals surface area (Å²) in [5.41, 5.74) is 1.43. The highest BCUT2D eigenvalue weighted by molar-refractivity contribution is 5.53. The average molecular weight is 303 g/mol. The molecule has 0 aromatic heterocycles. The van der Waals surface area contributed by atoms with Crippen LogP contribution in [0.15, 0.2) is 24.3 Å². The summed E-state index contributed by atoms with van der Waals surface area (Å²) in [6, 6.07) is 8.24. The quantitative estimate of drug-likeness (QED) is 0.799. The van der Waals surface area contributed by atoms with Crippen molar-refractivity contribution in [3.63, 3.8) is 0 Å². The molecule has 3 saturated carbocycles. The lowest BCUT2D eigenvalue weighted by Gasteiger charge is -2.65. The van der Waals surface area contributed by atoms with Gasteiger partial charge in [0.25, 0.3) is 0 Å². The van der Waals surface area contributed by atoms with Crippen molar-refractivity contribution >= 4 is 5.69 Å². The summed E-state index contributed by atoms with van der Waals surface area (Å²) in [4.78, 5) is 0. The van der Waals surface area contributed by atoms with Gasteiger partial charge in [-0.05, 0) is 47.6 Å². The van der Waals surface area contributed by atoms with Crippen LogP contribution in [0.3, 0.4) is 0 Å². The molecular formula is C19H29NO2. The number of anilines is 1. The summed E-state index contributed by atoms with van der Waals surface area (Å²) in [5, 5.41) is 25.0. The number of benzene rings is 1. The first-order chi connectivity index (χ1) is 10.3. The molecule has 0 unspecified atom stereocenters. The number of aliphatic hydroxyl groups is 2. The fourth-order valence-electron chi connectivity index (χ4n) is 4.61. The van der Waals surface area contributed by atoms with Crippen LogP contribution in [0.25, 0.3) is 0 Å². The van der Waals surface area contributed by atoms with E-state index in [4.69, 9.17) is 0 Å². The number of aliphatic hydroxyl groups excluding tert-OH is 1. The Labute approximate surface area is 133 Å². The molecule has 22 heavy (non-hydrogen) atoms. The molecule has 122 valence electrons. The van der Waals surface area contributed by atoms with Gasteiger partial charge in [0.05, 0.1) is 6.10 Å². The third kappa shape index (κ3) is 2.26. The second-order valence-electron chi connectivity index (χ2n) is 8.14. The molecule has 0 aliphatic heterocycles. The third-order valence-corrected chi connectivity index (χ3v) is 6.30. The van der Waals surface area contributed by atoms with E-state index < -0.39 is 11.7 Å². The lowest BCUT2D eigenvalue weighted by Crippen LogP contribution is -2.69. The molecule has 3 N–H and O–H groups in total. The summed E-state index contributed by atoms with van der Waals surface area (Å²) in [5.74, 6) is 1.15. The highest BCUT2D eigenvalue weighted by atomic mass is 16.3. The number of hydrogen-bond donors (Lipinski definition) is 3. The van der Waals surface area contributed by atoms with Gasteiger partial charge in [0, 0.05) is 12.2 Å². The minimum atomic E-state index is -1.03. The average Bonchev–Trinajstić information content (AvgIpc) is 2.47. The van der Waals surface area contributed by atoms with Crippen LogP contribution in [0.5, 0.6) is 0 Å². The van der Waals surface area contributed by atoms with E-state index in [1.54, 1.807) is 0 Å². The zero-order valence-corrected chi connectivity index (χ0v) is 14.1. The van der Waals surface area contributed by atoms with Crippen molar-refractivity contribution in [3.8, 4) is 0 Å². The van der Waals surface area contributed by atoms with Crippen molar-refractivity contribution in [3.05, 3.63) is 29.8 Å². The van der Waals surface area contributed by atoms with E-state index in [1.807, 2.05) is 12.1 Å². The van der Waals surface area contributed by atoms with Gasteiger partial charge in [-0.15, -0.1) is 0 Å². The molecule has 2 bridgehead atoms. The topological polar surface area (TPSA) is 52.5 Å². The monoisotopic (exact) mass is 303 g/mol. The van der Waals surface area contributed by atoms with Crippen molar-refractivity contribution in [2.75, 3.05) is 11.9 Å². The van der Waals surface area contributed by atoms with Crippen LogP contribution in [-0.2, 0) is 0 Å². The van der Waals surface area contributed by atoms with Crippen LogP contribution >= 0.6 is 0 Å². The number of para-hydroxylation sites is 1. The Morgan fingerprint density at radius 2 is 1.91 bits per heavy atom. The van der Waals surface area contributed by atoms with E-state index in [9.17, 15) is 10.2 Å². The predicted octanol–water partition coefficient (Wildman–Crippen LogP) is 3.38. The molecule has 1 aromatic rings. The van der Waals surface area contributed by atoms with Crippen molar-refractivity contribution in [1.29, 1.82) is 0 Å². The SMILES string of the molecule is CC(C)c1ccccc1NC[C@@]1(O)[C@@H]2C[C@H](C[C@@H]1O)C2(C)C. The zero-order valence-electron chi connectivity index (χ0n) is 14.1. The summed E-state index contributed by atoms with van der Waals surface area (Å²) in [7, 11) is 0. The number of nitrogens with one attached hydrogen (secondary N) is 1. The van der Waals surface area contributed by atoms with E-state index >= 15 is 0 Å². The van der Waals surface area contributed by atoms with Gasteiger partial charge >= 0.3 is 0 Å². The van der Waals surface area contributed by atoms with Gasteiger partial charge in [-0.3, -0.25) is 0 Å². The molecule has 0 radical (unpaired) electrons. The minimum Gasteiger partial charge on any atom is -0.390 e. The Kier molecular flexibility index (Phi) is 3.77. The third-order valence-electron chi connectivity index (χ3n) is 6.30. The van der Waals surface area contributed by atoms with E-state index in [0.717, 1.165) is 12.1 Å². The second kappa shape index (κ2) is 5.24. The highest BCUT2D eigenvalue weighted by Crippen LogP contribution is 2.62. The van der Waals surface area contributed by atoms with Gasteiger partial charge in [-0.25, -0.2) is 0 Å². The molecule has 1 aromatic carbocycles. The first kappa shape index (κ1) is 15.8. The Morgan fingerprint density at radius 1 is 1.23 bits per heavy atom. The lowest BCUT2D eigenvalue weighted by molar-refractivity contribution is -0.247. The maximum absolute atomic E-state index is 11.2. The predicted molar refractivity (Wildman–Crippen MR) is 90.0 cm³/mol. The normalized spacial score (nSPS) is 36.0. The van der Waals surface area contributed by atoms with Crippen molar-refractivity contribution in [1.82, 2.24) is 0 Å². The van der Waals surface area contributed by atoms with Gasteiger partial charge in [-0.2, -0.15) is 0 Å². The molecule has 0 spiro atoms. The molecule has 3 aliphatic carbocycles. The number of rotatable bonds is 4. The molecule has 0 heterocycles. The maximum Gasteiger partial charge on any atom is 0.111 e. The van der Waals surface area contributed by atoms with E-state index in [1.165, 1.54) is 5.56 Å². The van der Waals surface area contributed by atoms with Crippen LogP contribution in [0.1, 0.15) is 52.0 Å². The van der Waals surface area contributed by atoms with Crippen molar-refractivity contribution < 1.29 is 10.2 Å². The number of hydrogen-bond acceptors (Lipinski definition) is 3. The van der Waals surface area contributed by atoms with Crippen LogP contribution in [-0.4, -0.2) is 28.5 Å². The Balaban J connectivity index is 1.78. The van der Waals surface area contributed by atoms with E-state index in [2.05, 4.69) is 45.1 Å². The largest absolute Gasteiger partial charge is 0.390 e. The highest BCUT2D eigenvalue weighted by Gasteiger charge is 2.64. The molecule has 4 atom stereocenters. The number of fused-ring (bicyclic) bond motifs is 2. The van der Waals surface area contributed by atoms with Gasteiger partial charge < -0.3 is 15.5 Å². The smallest absolute Gasteiger partial charge is 0.111 e. The lowest BCUT2D eigenvalue weighted by atomic mass is 9.43. The molecule has 3 aliphatic rings.